The number of halogens is 1. The normalized spacial score (nSPS) is 17.8. The van der Waals surface area contributed by atoms with Crippen LogP contribution >= 0.6 is 12.4 Å². The number of nitrogens with zero attached hydrogens (tertiary/aromatic N) is 4. The van der Waals surface area contributed by atoms with Crippen molar-refractivity contribution >= 4 is 12.4 Å². The summed E-state index contributed by atoms with van der Waals surface area (Å²) in [7, 11) is 1.69. The van der Waals surface area contributed by atoms with Gasteiger partial charge in [-0.25, -0.2) is 0 Å². The number of piperidine rings is 1. The first-order valence-corrected chi connectivity index (χ1v) is 9.89. The van der Waals surface area contributed by atoms with E-state index in [1.807, 2.05) is 6.07 Å². The van der Waals surface area contributed by atoms with E-state index in [0.717, 1.165) is 63.7 Å². The number of nitrogens with one attached hydrogen (secondary N) is 1. The second-order valence-corrected chi connectivity index (χ2v) is 7.34. The van der Waals surface area contributed by atoms with Gasteiger partial charge < -0.3 is 19.4 Å². The molecule has 0 aliphatic carbocycles. The van der Waals surface area contributed by atoms with Crippen molar-refractivity contribution in [3.05, 3.63) is 41.5 Å². The van der Waals surface area contributed by atoms with Gasteiger partial charge in [-0.15, -0.1) is 22.6 Å². The molecule has 1 aromatic heterocycles. The van der Waals surface area contributed by atoms with Crippen molar-refractivity contribution in [2.75, 3.05) is 40.0 Å². The van der Waals surface area contributed by atoms with Gasteiger partial charge in [-0.1, -0.05) is 12.1 Å². The Morgan fingerprint density at radius 2 is 2.00 bits per heavy atom. The van der Waals surface area contributed by atoms with E-state index in [-0.39, 0.29) is 12.4 Å². The van der Waals surface area contributed by atoms with Gasteiger partial charge in [0.15, 0.2) is 0 Å². The van der Waals surface area contributed by atoms with Crippen molar-refractivity contribution in [1.82, 2.24) is 25.0 Å². The van der Waals surface area contributed by atoms with Crippen LogP contribution in [0, 0.1) is 0 Å². The summed E-state index contributed by atoms with van der Waals surface area (Å²) in [5.41, 5.74) is 1.30. The van der Waals surface area contributed by atoms with Crippen LogP contribution < -0.4 is 10.1 Å². The van der Waals surface area contributed by atoms with E-state index >= 15 is 0 Å². The Morgan fingerprint density at radius 3 is 2.82 bits per heavy atom. The summed E-state index contributed by atoms with van der Waals surface area (Å²) in [5, 5.41) is 12.2. The number of hydrogen-bond donors (Lipinski definition) is 1. The van der Waals surface area contributed by atoms with Crippen molar-refractivity contribution in [1.29, 1.82) is 0 Å². The van der Waals surface area contributed by atoms with E-state index in [1.165, 1.54) is 11.4 Å². The van der Waals surface area contributed by atoms with Gasteiger partial charge in [0.1, 0.15) is 24.0 Å². The first-order chi connectivity index (χ1) is 13.3. The van der Waals surface area contributed by atoms with Crippen LogP contribution in [-0.4, -0.2) is 59.6 Å². The highest BCUT2D eigenvalue weighted by molar-refractivity contribution is 5.85. The molecule has 4 rings (SSSR count). The number of hydrogen-bond acceptors (Lipinski definition) is 6. The van der Waals surface area contributed by atoms with Crippen molar-refractivity contribution in [2.24, 2.45) is 0 Å². The molecular weight excluding hydrogens is 378 g/mol. The van der Waals surface area contributed by atoms with Gasteiger partial charge in [-0.3, -0.25) is 4.90 Å². The van der Waals surface area contributed by atoms with Crippen LogP contribution in [-0.2, 0) is 24.4 Å². The first-order valence-electron chi connectivity index (χ1n) is 9.89. The van der Waals surface area contributed by atoms with Crippen LogP contribution in [0.25, 0.3) is 0 Å². The zero-order valence-electron chi connectivity index (χ0n) is 16.5. The molecule has 0 spiro atoms. The molecule has 1 fully saturated rings. The van der Waals surface area contributed by atoms with Crippen molar-refractivity contribution < 1.29 is 9.47 Å². The van der Waals surface area contributed by atoms with Crippen molar-refractivity contribution in [3.8, 4) is 5.75 Å². The highest BCUT2D eigenvalue weighted by Gasteiger charge is 2.27. The van der Waals surface area contributed by atoms with E-state index in [4.69, 9.17) is 9.47 Å². The molecule has 2 aliphatic rings. The third kappa shape index (κ3) is 5.03. The zero-order chi connectivity index (χ0) is 18.5. The second kappa shape index (κ2) is 10.2. The van der Waals surface area contributed by atoms with Crippen molar-refractivity contribution in [3.63, 3.8) is 0 Å². The van der Waals surface area contributed by atoms with Gasteiger partial charge in [0.2, 0.25) is 0 Å². The van der Waals surface area contributed by atoms with E-state index in [2.05, 4.69) is 43.2 Å². The van der Waals surface area contributed by atoms with Gasteiger partial charge in [0.25, 0.3) is 0 Å². The van der Waals surface area contributed by atoms with Crippen LogP contribution in [0.1, 0.15) is 36.0 Å². The van der Waals surface area contributed by atoms with Gasteiger partial charge in [-0.2, -0.15) is 0 Å². The lowest BCUT2D eigenvalue weighted by Crippen LogP contribution is -2.34. The molecular formula is C20H30ClN5O2. The average molecular weight is 408 g/mol. The molecule has 0 unspecified atom stereocenters. The predicted octanol–water partition coefficient (Wildman–Crippen LogP) is 2.21. The highest BCUT2D eigenvalue weighted by atomic mass is 35.5. The molecule has 1 saturated heterocycles. The largest absolute Gasteiger partial charge is 0.491 e. The molecule has 28 heavy (non-hydrogen) atoms. The number of fused-ring (bicyclic) bond motifs is 1. The van der Waals surface area contributed by atoms with Gasteiger partial charge in [0.05, 0.1) is 13.2 Å². The van der Waals surface area contributed by atoms with Gasteiger partial charge in [-0.05, 0) is 43.6 Å². The van der Waals surface area contributed by atoms with E-state index in [9.17, 15) is 0 Å². The molecule has 0 atom stereocenters. The third-order valence-corrected chi connectivity index (χ3v) is 5.46. The number of likely N-dealkylation sites (tertiary alicyclic amines) is 1. The highest BCUT2D eigenvalue weighted by Crippen LogP contribution is 2.28. The Bertz CT molecular complexity index is 746. The molecule has 1 N–H and O–H groups in total. The smallest absolute Gasteiger partial charge is 0.147 e. The minimum Gasteiger partial charge on any atom is -0.491 e. The molecule has 3 heterocycles. The molecule has 0 saturated carbocycles. The maximum atomic E-state index is 5.73. The third-order valence-electron chi connectivity index (χ3n) is 5.46. The number of rotatable bonds is 7. The lowest BCUT2D eigenvalue weighted by molar-refractivity contribution is 0.146. The monoisotopic (exact) mass is 407 g/mol. The van der Waals surface area contributed by atoms with E-state index in [1.54, 1.807) is 7.11 Å². The van der Waals surface area contributed by atoms with Crippen LogP contribution in [0.5, 0.6) is 5.75 Å². The average Bonchev–Trinajstić information content (AvgIpc) is 3.13. The van der Waals surface area contributed by atoms with Crippen LogP contribution in [0.4, 0.5) is 0 Å². The summed E-state index contributed by atoms with van der Waals surface area (Å²) in [6.07, 6.45) is 2.30. The molecule has 154 valence electrons. The first kappa shape index (κ1) is 21.0. The van der Waals surface area contributed by atoms with E-state index < -0.39 is 0 Å². The Balaban J connectivity index is 0.00000225. The summed E-state index contributed by atoms with van der Waals surface area (Å²) in [5.74, 6) is 3.73. The molecule has 0 radical (unpaired) electrons. The fourth-order valence-electron chi connectivity index (χ4n) is 4.00. The summed E-state index contributed by atoms with van der Waals surface area (Å²) in [4.78, 5) is 2.53. The lowest BCUT2D eigenvalue weighted by atomic mass is 9.95. The SMILES string of the molecule is COCCOc1cccc(CN2CCC(c3nnc4n3CCNC4)CC2)c1.Cl. The Hall–Kier alpha value is -1.67. The summed E-state index contributed by atoms with van der Waals surface area (Å²) in [6, 6.07) is 8.40. The molecule has 0 bridgehead atoms. The lowest BCUT2D eigenvalue weighted by Gasteiger charge is -2.32. The predicted molar refractivity (Wildman–Crippen MR) is 110 cm³/mol. The Morgan fingerprint density at radius 1 is 1.14 bits per heavy atom. The molecule has 0 amide bonds. The maximum Gasteiger partial charge on any atom is 0.147 e. The maximum absolute atomic E-state index is 5.73. The molecule has 2 aromatic rings. The fourth-order valence-corrected chi connectivity index (χ4v) is 4.00. The van der Waals surface area contributed by atoms with Crippen LogP contribution in [0.2, 0.25) is 0 Å². The van der Waals surface area contributed by atoms with Crippen LogP contribution in [0.15, 0.2) is 24.3 Å². The molecule has 8 heteroatoms. The summed E-state index contributed by atoms with van der Waals surface area (Å²) in [6.45, 7) is 7.21. The van der Waals surface area contributed by atoms with Crippen molar-refractivity contribution in [2.45, 2.75) is 38.4 Å². The van der Waals surface area contributed by atoms with Crippen LogP contribution in [0.3, 0.4) is 0 Å². The number of benzene rings is 1. The summed E-state index contributed by atoms with van der Waals surface area (Å²) < 4.78 is 13.1. The molecule has 7 nitrogen and oxygen atoms in total. The Kier molecular flexibility index (Phi) is 7.67. The van der Waals surface area contributed by atoms with Gasteiger partial charge >= 0.3 is 0 Å². The molecule has 1 aromatic carbocycles. The quantitative estimate of drug-likeness (QED) is 0.710. The number of methoxy groups -OCH3 is 1. The molecule has 2 aliphatic heterocycles. The Labute approximate surface area is 172 Å². The zero-order valence-corrected chi connectivity index (χ0v) is 17.3. The summed E-state index contributed by atoms with van der Waals surface area (Å²) >= 11 is 0. The minimum atomic E-state index is 0. The minimum absolute atomic E-state index is 0. The second-order valence-electron chi connectivity index (χ2n) is 7.34. The standard InChI is InChI=1S/C20H29N5O2.ClH/c1-26-11-12-27-18-4-2-3-16(13-18)15-24-8-5-17(6-9-24)20-23-22-19-14-21-7-10-25(19)20;/h2-4,13,17,21H,5-12,14-15H2,1H3;1H. The number of aromatic nitrogens is 3. The van der Waals surface area contributed by atoms with Gasteiger partial charge in [0, 0.05) is 32.7 Å². The topological polar surface area (TPSA) is 64.4 Å². The number of ether oxygens (including phenoxy) is 2. The fraction of sp³-hybridized carbons (Fsp3) is 0.600. The van der Waals surface area contributed by atoms with E-state index in [0.29, 0.717) is 19.1 Å².